The minimum atomic E-state index is -0.130. The van der Waals surface area contributed by atoms with Gasteiger partial charge >= 0.3 is 0 Å². The maximum atomic E-state index is 2.53. The third-order valence-electron chi connectivity index (χ3n) is 12.4. The Balaban J connectivity index is 0.972. The van der Waals surface area contributed by atoms with Gasteiger partial charge in [0.05, 0.1) is 22.8 Å². The molecule has 0 bridgehead atoms. The summed E-state index contributed by atoms with van der Waals surface area (Å²) in [5.74, 6) is 0. The highest BCUT2D eigenvalue weighted by molar-refractivity contribution is 7.25. The molecule has 2 aliphatic rings. The molecular weight excluding hydrogens is 697 g/mol. The van der Waals surface area contributed by atoms with Crippen molar-refractivity contribution in [3.8, 4) is 16.8 Å². The van der Waals surface area contributed by atoms with E-state index in [1.54, 1.807) is 0 Å². The molecule has 3 heteroatoms. The van der Waals surface area contributed by atoms with Crippen LogP contribution in [0.3, 0.4) is 0 Å². The maximum Gasteiger partial charge on any atom is 0.0661 e. The van der Waals surface area contributed by atoms with E-state index in [0.717, 1.165) is 0 Å². The number of rotatable bonds is 4. The zero-order chi connectivity index (χ0) is 37.0. The average molecular weight is 733 g/mol. The summed E-state index contributed by atoms with van der Waals surface area (Å²) in [7, 11) is 0. The molecule has 0 fully saturated rings. The summed E-state index contributed by atoms with van der Waals surface area (Å²) in [4.78, 5) is 2.53. The second-order valence-corrected chi connectivity index (χ2v) is 16.6. The lowest BCUT2D eigenvalue weighted by Gasteiger charge is -2.36. The van der Waals surface area contributed by atoms with Crippen LogP contribution >= 0.6 is 11.3 Å². The molecule has 264 valence electrons. The van der Waals surface area contributed by atoms with E-state index in [2.05, 4.69) is 211 Å². The first-order valence-corrected chi connectivity index (χ1v) is 20.3. The number of allylic oxidation sites excluding steroid dienone is 2. The van der Waals surface area contributed by atoms with Crippen LogP contribution in [0, 0.1) is 0 Å². The van der Waals surface area contributed by atoms with Crippen LogP contribution in [0.25, 0.3) is 75.1 Å². The lowest BCUT2D eigenvalue weighted by Crippen LogP contribution is -2.39. The summed E-state index contributed by atoms with van der Waals surface area (Å²) in [6, 6.07) is 65.2. The van der Waals surface area contributed by atoms with Crippen LogP contribution in [0.5, 0.6) is 0 Å². The Labute approximate surface area is 329 Å². The summed E-state index contributed by atoms with van der Waals surface area (Å²) in [5, 5.41) is 7.67. The summed E-state index contributed by atoms with van der Waals surface area (Å²) in [5.41, 5.74) is 12.3. The zero-order valence-corrected chi connectivity index (χ0v) is 31.7. The summed E-state index contributed by atoms with van der Waals surface area (Å²) >= 11 is 1.87. The van der Waals surface area contributed by atoms with E-state index < -0.39 is 0 Å². The van der Waals surface area contributed by atoms with Crippen LogP contribution in [-0.2, 0) is 5.41 Å². The number of fused-ring (bicyclic) bond motifs is 10. The van der Waals surface area contributed by atoms with E-state index in [4.69, 9.17) is 0 Å². The van der Waals surface area contributed by atoms with Gasteiger partial charge in [-0.3, -0.25) is 0 Å². The molecule has 12 rings (SSSR count). The minimum absolute atomic E-state index is 0.130. The molecule has 56 heavy (non-hydrogen) atoms. The van der Waals surface area contributed by atoms with Crippen LogP contribution in [0.15, 0.2) is 194 Å². The van der Waals surface area contributed by atoms with Gasteiger partial charge in [-0.05, 0) is 107 Å². The highest BCUT2D eigenvalue weighted by atomic mass is 32.1. The lowest BCUT2D eigenvalue weighted by molar-refractivity contribution is 0.552. The van der Waals surface area contributed by atoms with Gasteiger partial charge in [0.2, 0.25) is 0 Å². The van der Waals surface area contributed by atoms with E-state index in [1.807, 2.05) is 11.3 Å². The summed E-state index contributed by atoms with van der Waals surface area (Å²) in [6.45, 7) is 2.39. The number of anilines is 2. The minimum Gasteiger partial charge on any atom is -0.333 e. The van der Waals surface area contributed by atoms with Crippen LogP contribution in [0.1, 0.15) is 18.1 Å². The molecule has 2 unspecified atom stereocenters. The van der Waals surface area contributed by atoms with Crippen LogP contribution < -0.4 is 4.90 Å². The van der Waals surface area contributed by atoms with Crippen molar-refractivity contribution in [2.75, 3.05) is 4.90 Å². The van der Waals surface area contributed by atoms with Crippen molar-refractivity contribution in [2.24, 2.45) is 0 Å². The summed E-state index contributed by atoms with van der Waals surface area (Å²) < 4.78 is 5.14. The second-order valence-electron chi connectivity index (χ2n) is 15.5. The van der Waals surface area contributed by atoms with Crippen molar-refractivity contribution in [2.45, 2.75) is 18.4 Å². The number of para-hydroxylation sites is 3. The van der Waals surface area contributed by atoms with E-state index in [1.165, 1.54) is 97.6 Å². The maximum absolute atomic E-state index is 2.53. The molecule has 10 aromatic rings. The number of thiophene rings is 1. The number of hydrogen-bond donors (Lipinski definition) is 0. The van der Waals surface area contributed by atoms with Gasteiger partial charge in [-0.25, -0.2) is 0 Å². The fourth-order valence-corrected chi connectivity index (χ4v) is 10.8. The molecule has 8 aromatic carbocycles. The molecule has 1 aliphatic carbocycles. The number of benzene rings is 8. The van der Waals surface area contributed by atoms with Crippen molar-refractivity contribution >= 4 is 81.0 Å². The van der Waals surface area contributed by atoms with Gasteiger partial charge in [0, 0.05) is 53.1 Å². The Kier molecular flexibility index (Phi) is 6.73. The van der Waals surface area contributed by atoms with Gasteiger partial charge in [0.25, 0.3) is 0 Å². The van der Waals surface area contributed by atoms with Gasteiger partial charge in [0.1, 0.15) is 0 Å². The first kappa shape index (κ1) is 31.6. The van der Waals surface area contributed by atoms with Crippen molar-refractivity contribution < 1.29 is 0 Å². The molecular formula is C53H36N2S. The van der Waals surface area contributed by atoms with Crippen LogP contribution in [0.4, 0.5) is 11.4 Å². The zero-order valence-electron chi connectivity index (χ0n) is 30.9. The third kappa shape index (κ3) is 4.55. The van der Waals surface area contributed by atoms with Crippen molar-refractivity contribution in [1.82, 2.24) is 4.57 Å². The first-order valence-electron chi connectivity index (χ1n) is 19.5. The number of aromatic nitrogens is 1. The molecule has 0 spiro atoms. The van der Waals surface area contributed by atoms with E-state index >= 15 is 0 Å². The van der Waals surface area contributed by atoms with Crippen molar-refractivity contribution in [1.29, 1.82) is 0 Å². The molecule has 0 saturated heterocycles. The van der Waals surface area contributed by atoms with E-state index in [-0.39, 0.29) is 11.5 Å². The molecule has 3 heterocycles. The lowest BCUT2D eigenvalue weighted by atomic mass is 9.74. The highest BCUT2D eigenvalue weighted by Gasteiger charge is 2.47. The number of hydrogen-bond acceptors (Lipinski definition) is 2. The molecule has 0 N–H and O–H groups in total. The van der Waals surface area contributed by atoms with E-state index in [9.17, 15) is 0 Å². The Bertz CT molecular complexity index is 3290. The topological polar surface area (TPSA) is 8.17 Å². The predicted molar refractivity (Wildman–Crippen MR) is 240 cm³/mol. The largest absolute Gasteiger partial charge is 0.333 e. The monoisotopic (exact) mass is 732 g/mol. The number of nitrogens with zero attached hydrogens (tertiary/aromatic N) is 2. The molecule has 0 saturated carbocycles. The quantitative estimate of drug-likeness (QED) is 0.175. The predicted octanol–water partition coefficient (Wildman–Crippen LogP) is 14.4. The molecule has 2 nitrogen and oxygen atoms in total. The fraction of sp³-hybridized carbons (Fsp3) is 0.0566. The van der Waals surface area contributed by atoms with Gasteiger partial charge in [-0.15, -0.1) is 11.3 Å². The van der Waals surface area contributed by atoms with Crippen LogP contribution in [0.2, 0.25) is 0 Å². The van der Waals surface area contributed by atoms with E-state index in [0.29, 0.717) is 0 Å². The molecule has 0 amide bonds. The first-order chi connectivity index (χ1) is 27.6. The normalized spacial score (nSPS) is 17.6. The smallest absolute Gasteiger partial charge is 0.0661 e. The van der Waals surface area contributed by atoms with Gasteiger partial charge in [0.15, 0.2) is 0 Å². The van der Waals surface area contributed by atoms with Crippen molar-refractivity contribution in [3.05, 3.63) is 205 Å². The average Bonchev–Trinajstić information content (AvgIpc) is 3.88. The Hall–Kier alpha value is -6.68. The Morgan fingerprint density at radius 1 is 0.500 bits per heavy atom. The molecule has 0 radical (unpaired) electrons. The third-order valence-corrected chi connectivity index (χ3v) is 13.6. The van der Waals surface area contributed by atoms with Gasteiger partial charge < -0.3 is 9.47 Å². The fourth-order valence-electron chi connectivity index (χ4n) is 9.68. The Morgan fingerprint density at radius 2 is 1.20 bits per heavy atom. The Morgan fingerprint density at radius 3 is 2.12 bits per heavy atom. The standard InChI is InChI=1S/C53H36N2S/c1-53-29-28-37(33-52(53)54(39-13-3-2-4-14-39)49-19-9-7-17-45(49)53)35-23-26-48-43(31-35)41-15-5-8-18-47(41)55(48)46-20-11-12-38-30-34(22-25-40(38)46)36-24-27-51-44(32-36)42-16-6-10-21-50(42)56-51/h2-33,52H,1H3. The second kappa shape index (κ2) is 11.9. The van der Waals surface area contributed by atoms with Crippen molar-refractivity contribution in [3.63, 3.8) is 0 Å². The summed E-state index contributed by atoms with van der Waals surface area (Å²) in [6.07, 6.45) is 7.28. The van der Waals surface area contributed by atoms with Gasteiger partial charge in [-0.2, -0.15) is 0 Å². The van der Waals surface area contributed by atoms with Crippen LogP contribution in [-0.4, -0.2) is 10.6 Å². The SMILES string of the molecule is CC12C=CC(c3ccc4c(c3)c3ccccc3n4-c3cccc4cc(-c5ccc6sc7ccccc7c6c5)ccc34)=CC1N(c1ccccc1)c1ccccc12. The highest BCUT2D eigenvalue weighted by Crippen LogP contribution is 2.52. The molecule has 2 aromatic heterocycles. The molecule has 2 atom stereocenters. The van der Waals surface area contributed by atoms with Gasteiger partial charge in [-0.1, -0.05) is 127 Å². The molecule has 1 aliphatic heterocycles.